The lowest BCUT2D eigenvalue weighted by atomic mass is 10.0. The van der Waals surface area contributed by atoms with E-state index in [0.29, 0.717) is 0 Å². The molecule has 1 amide bonds. The summed E-state index contributed by atoms with van der Waals surface area (Å²) in [5.41, 5.74) is 4.73. The van der Waals surface area contributed by atoms with Crippen LogP contribution in [0.3, 0.4) is 0 Å². The zero-order valence-corrected chi connectivity index (χ0v) is 13.5. The molecule has 0 aliphatic carbocycles. The first-order valence-electron chi connectivity index (χ1n) is 7.78. The molecule has 0 bridgehead atoms. The maximum atomic E-state index is 11.1. The van der Waals surface area contributed by atoms with Crippen LogP contribution in [-0.2, 0) is 17.8 Å². The van der Waals surface area contributed by atoms with E-state index >= 15 is 0 Å². The van der Waals surface area contributed by atoms with Crippen LogP contribution in [0.4, 0.5) is 5.69 Å². The van der Waals surface area contributed by atoms with Crippen LogP contribution >= 0.6 is 0 Å². The monoisotopic (exact) mass is 296 g/mol. The molecule has 0 aliphatic rings. The van der Waals surface area contributed by atoms with Crippen molar-refractivity contribution in [1.82, 2.24) is 5.32 Å². The normalized spacial score (nSPS) is 12.0. The van der Waals surface area contributed by atoms with E-state index in [1.165, 1.54) is 23.6 Å². The number of anilines is 1. The van der Waals surface area contributed by atoms with Crippen LogP contribution < -0.4 is 10.6 Å². The highest BCUT2D eigenvalue weighted by atomic mass is 16.1. The Labute approximate surface area is 132 Å². The molecule has 3 heteroatoms. The van der Waals surface area contributed by atoms with E-state index in [1.54, 1.807) is 0 Å². The van der Waals surface area contributed by atoms with E-state index in [4.69, 9.17) is 0 Å². The van der Waals surface area contributed by atoms with Gasteiger partial charge in [0.05, 0.1) is 0 Å². The second-order valence-corrected chi connectivity index (χ2v) is 5.53. The molecule has 3 nitrogen and oxygen atoms in total. The molecular weight excluding hydrogens is 272 g/mol. The number of amides is 1. The lowest BCUT2D eigenvalue weighted by Crippen LogP contribution is -2.19. The number of hydrogen-bond acceptors (Lipinski definition) is 2. The molecule has 0 aromatic heterocycles. The molecule has 22 heavy (non-hydrogen) atoms. The predicted octanol–water partition coefficient (Wildman–Crippen LogP) is 4.06. The third kappa shape index (κ3) is 4.43. The molecule has 0 fully saturated rings. The zero-order chi connectivity index (χ0) is 15.9. The number of rotatable bonds is 6. The van der Waals surface area contributed by atoms with Crippen molar-refractivity contribution in [2.24, 2.45) is 0 Å². The highest BCUT2D eigenvalue weighted by Crippen LogP contribution is 2.18. The second-order valence-electron chi connectivity index (χ2n) is 5.53. The fourth-order valence-electron chi connectivity index (χ4n) is 2.54. The van der Waals surface area contributed by atoms with Gasteiger partial charge in [0, 0.05) is 25.2 Å². The predicted molar refractivity (Wildman–Crippen MR) is 91.8 cm³/mol. The summed E-state index contributed by atoms with van der Waals surface area (Å²) in [4.78, 5) is 11.1. The zero-order valence-electron chi connectivity index (χ0n) is 13.5. The molecule has 2 rings (SSSR count). The van der Waals surface area contributed by atoms with Crippen LogP contribution in [0, 0.1) is 0 Å². The largest absolute Gasteiger partial charge is 0.326 e. The molecule has 1 unspecified atom stereocenters. The number of aryl methyl sites for hydroxylation is 1. The van der Waals surface area contributed by atoms with Gasteiger partial charge in [0.2, 0.25) is 5.91 Å². The molecule has 0 saturated heterocycles. The fraction of sp³-hybridized carbons (Fsp3) is 0.316. The number of carbonyl (C=O) groups is 1. The summed E-state index contributed by atoms with van der Waals surface area (Å²) >= 11 is 0. The van der Waals surface area contributed by atoms with Crippen LogP contribution in [0.5, 0.6) is 0 Å². The van der Waals surface area contributed by atoms with Crippen molar-refractivity contribution in [2.45, 2.75) is 39.8 Å². The third-order valence-electron chi connectivity index (χ3n) is 3.80. The summed E-state index contributed by atoms with van der Waals surface area (Å²) in [7, 11) is 0. The van der Waals surface area contributed by atoms with E-state index in [2.05, 4.69) is 54.8 Å². The van der Waals surface area contributed by atoms with Crippen molar-refractivity contribution in [3.05, 3.63) is 65.2 Å². The fourth-order valence-corrected chi connectivity index (χ4v) is 2.54. The van der Waals surface area contributed by atoms with Gasteiger partial charge in [-0.2, -0.15) is 0 Å². The number of carbonyl (C=O) groups excluding carboxylic acids is 1. The molecule has 0 saturated carbocycles. The maximum absolute atomic E-state index is 11.1. The number of nitrogens with one attached hydrogen (secondary N) is 2. The van der Waals surface area contributed by atoms with E-state index in [-0.39, 0.29) is 11.9 Å². The van der Waals surface area contributed by atoms with Gasteiger partial charge in [0.25, 0.3) is 0 Å². The first-order valence-corrected chi connectivity index (χ1v) is 7.78. The van der Waals surface area contributed by atoms with Crippen molar-refractivity contribution in [1.29, 1.82) is 0 Å². The van der Waals surface area contributed by atoms with Crippen molar-refractivity contribution in [2.75, 3.05) is 5.32 Å². The summed E-state index contributed by atoms with van der Waals surface area (Å²) in [6.45, 7) is 6.69. The van der Waals surface area contributed by atoms with Gasteiger partial charge in [0.1, 0.15) is 0 Å². The highest BCUT2D eigenvalue weighted by Gasteiger charge is 2.07. The van der Waals surface area contributed by atoms with Gasteiger partial charge >= 0.3 is 0 Å². The van der Waals surface area contributed by atoms with Gasteiger partial charge in [-0.15, -0.1) is 0 Å². The Morgan fingerprint density at radius 1 is 1.09 bits per heavy atom. The van der Waals surface area contributed by atoms with Crippen molar-refractivity contribution in [3.63, 3.8) is 0 Å². The Morgan fingerprint density at radius 2 is 1.82 bits per heavy atom. The summed E-state index contributed by atoms with van der Waals surface area (Å²) in [6, 6.07) is 16.7. The average Bonchev–Trinajstić information content (AvgIpc) is 2.52. The number of hydrogen-bond donors (Lipinski definition) is 2. The van der Waals surface area contributed by atoms with E-state index in [9.17, 15) is 4.79 Å². The van der Waals surface area contributed by atoms with Gasteiger partial charge in [-0.05, 0) is 42.2 Å². The molecule has 0 spiro atoms. The van der Waals surface area contributed by atoms with Gasteiger partial charge in [-0.3, -0.25) is 4.79 Å². The van der Waals surface area contributed by atoms with E-state index in [1.807, 2.05) is 18.2 Å². The molecule has 0 radical (unpaired) electrons. The lowest BCUT2D eigenvalue weighted by Gasteiger charge is -2.17. The summed E-state index contributed by atoms with van der Waals surface area (Å²) in [5.74, 6) is -0.0466. The Hall–Kier alpha value is -2.13. The van der Waals surface area contributed by atoms with Crippen LogP contribution in [0.15, 0.2) is 48.5 Å². The van der Waals surface area contributed by atoms with Crippen LogP contribution in [0.2, 0.25) is 0 Å². The highest BCUT2D eigenvalue weighted by molar-refractivity contribution is 5.88. The quantitative estimate of drug-likeness (QED) is 0.844. The molecule has 0 aliphatic heterocycles. The van der Waals surface area contributed by atoms with Gasteiger partial charge < -0.3 is 10.6 Å². The van der Waals surface area contributed by atoms with Crippen molar-refractivity contribution >= 4 is 11.6 Å². The molecule has 0 heterocycles. The molecule has 116 valence electrons. The molecule has 2 aromatic rings. The van der Waals surface area contributed by atoms with E-state index in [0.717, 1.165) is 18.7 Å². The lowest BCUT2D eigenvalue weighted by molar-refractivity contribution is -0.114. The Morgan fingerprint density at radius 3 is 2.50 bits per heavy atom. The standard InChI is InChI=1S/C19H24N2O/c1-4-16-8-5-6-9-18(16)13-20-14(2)17-10-7-11-19(12-17)21-15(3)22/h5-12,14,20H,4,13H2,1-3H3,(H,21,22). The van der Waals surface area contributed by atoms with Gasteiger partial charge in [-0.1, -0.05) is 43.3 Å². The third-order valence-corrected chi connectivity index (χ3v) is 3.80. The van der Waals surface area contributed by atoms with E-state index < -0.39 is 0 Å². The molecular formula is C19H24N2O. The Balaban J connectivity index is 2.03. The summed E-state index contributed by atoms with van der Waals surface area (Å²) in [5, 5.41) is 6.38. The molecule has 1 atom stereocenters. The second kappa shape index (κ2) is 7.76. The Kier molecular flexibility index (Phi) is 5.73. The first kappa shape index (κ1) is 16.2. The smallest absolute Gasteiger partial charge is 0.221 e. The molecule has 2 aromatic carbocycles. The summed E-state index contributed by atoms with van der Waals surface area (Å²) < 4.78 is 0. The minimum absolute atomic E-state index is 0.0466. The topological polar surface area (TPSA) is 41.1 Å². The minimum Gasteiger partial charge on any atom is -0.326 e. The SMILES string of the molecule is CCc1ccccc1CNC(C)c1cccc(NC(C)=O)c1. The average molecular weight is 296 g/mol. The molecule has 2 N–H and O–H groups in total. The first-order chi connectivity index (χ1) is 10.6. The maximum Gasteiger partial charge on any atom is 0.221 e. The van der Waals surface area contributed by atoms with Crippen LogP contribution in [0.1, 0.15) is 43.5 Å². The Bertz CT molecular complexity index is 637. The van der Waals surface area contributed by atoms with Gasteiger partial charge in [0.15, 0.2) is 0 Å². The van der Waals surface area contributed by atoms with Gasteiger partial charge in [-0.25, -0.2) is 0 Å². The minimum atomic E-state index is -0.0466. The number of benzene rings is 2. The van der Waals surface area contributed by atoms with Crippen LogP contribution in [0.25, 0.3) is 0 Å². The van der Waals surface area contributed by atoms with Crippen LogP contribution in [-0.4, -0.2) is 5.91 Å². The summed E-state index contributed by atoms with van der Waals surface area (Å²) in [6.07, 6.45) is 1.05. The van der Waals surface area contributed by atoms with Crippen molar-refractivity contribution < 1.29 is 4.79 Å². The van der Waals surface area contributed by atoms with Crippen molar-refractivity contribution in [3.8, 4) is 0 Å².